The van der Waals surface area contributed by atoms with Crippen molar-refractivity contribution in [3.8, 4) is 0 Å². The molecule has 0 N–H and O–H groups in total. The third-order valence-corrected chi connectivity index (χ3v) is 3.04. The Morgan fingerprint density at radius 1 is 1.46 bits per heavy atom. The molecule has 0 aliphatic heterocycles. The van der Waals surface area contributed by atoms with Crippen LogP contribution in [0.2, 0.25) is 0 Å². The zero-order chi connectivity index (χ0) is 9.64. The summed E-state index contributed by atoms with van der Waals surface area (Å²) in [6, 6.07) is 2.24. The highest BCUT2D eigenvalue weighted by Crippen LogP contribution is 2.40. The Hall–Kier alpha value is -1.11. The van der Waals surface area contributed by atoms with Gasteiger partial charge in [0, 0.05) is 23.7 Å². The summed E-state index contributed by atoms with van der Waals surface area (Å²) in [5, 5.41) is 0. The van der Waals surface area contributed by atoms with Gasteiger partial charge < -0.3 is 0 Å². The van der Waals surface area contributed by atoms with Crippen LogP contribution < -0.4 is 0 Å². The van der Waals surface area contributed by atoms with Gasteiger partial charge in [-0.25, -0.2) is 0 Å². The molecule has 0 saturated heterocycles. The van der Waals surface area contributed by atoms with Gasteiger partial charge in [0.2, 0.25) is 0 Å². The number of aryl methyl sites for hydroxylation is 1. The van der Waals surface area contributed by atoms with E-state index in [1.165, 1.54) is 22.4 Å². The van der Waals surface area contributed by atoms with Crippen LogP contribution in [0.3, 0.4) is 0 Å². The van der Waals surface area contributed by atoms with Gasteiger partial charge in [-0.3, -0.25) is 4.98 Å². The molecule has 1 nitrogen and oxygen atoms in total. The molecule has 0 bridgehead atoms. The van der Waals surface area contributed by atoms with Gasteiger partial charge in [0.25, 0.3) is 0 Å². The summed E-state index contributed by atoms with van der Waals surface area (Å²) < 4.78 is 0. The van der Waals surface area contributed by atoms with Crippen LogP contribution in [-0.2, 0) is 11.8 Å². The van der Waals surface area contributed by atoms with E-state index < -0.39 is 0 Å². The maximum Gasteiger partial charge on any atom is 0.0485 e. The Labute approximate surface area is 79.5 Å². The van der Waals surface area contributed by atoms with Crippen LogP contribution in [0.1, 0.15) is 30.7 Å². The lowest BCUT2D eigenvalue weighted by Gasteiger charge is -2.20. The Morgan fingerprint density at radius 2 is 2.15 bits per heavy atom. The molecule has 0 spiro atoms. The van der Waals surface area contributed by atoms with Crippen molar-refractivity contribution in [3.05, 3.63) is 41.2 Å². The Balaban J connectivity index is 2.64. The molecule has 1 aromatic rings. The van der Waals surface area contributed by atoms with Crippen LogP contribution in [-0.4, -0.2) is 4.98 Å². The quantitative estimate of drug-likeness (QED) is 0.550. The molecule has 0 fully saturated rings. The molecule has 1 aromatic heterocycles. The maximum absolute atomic E-state index is 4.44. The molecular weight excluding hydrogens is 158 g/mol. The van der Waals surface area contributed by atoms with Crippen LogP contribution in [0.5, 0.6) is 0 Å². The minimum atomic E-state index is 0.119. The molecule has 0 unspecified atom stereocenters. The van der Waals surface area contributed by atoms with Crippen molar-refractivity contribution in [2.24, 2.45) is 0 Å². The standard InChI is InChI=1S/C12H15N/c1-8-5-10-11(13-7-8)6-9(2)12(10,3)4/h5,7H,2,6H2,1,3-4H3. The number of allylic oxidation sites excluding steroid dienone is 1. The lowest BCUT2D eigenvalue weighted by atomic mass is 9.84. The van der Waals surface area contributed by atoms with Gasteiger partial charge in [0.15, 0.2) is 0 Å². The highest BCUT2D eigenvalue weighted by Gasteiger charge is 2.33. The Kier molecular flexibility index (Phi) is 1.59. The smallest absolute Gasteiger partial charge is 0.0485 e. The van der Waals surface area contributed by atoms with E-state index in [1.807, 2.05) is 6.20 Å². The number of hydrogen-bond acceptors (Lipinski definition) is 1. The summed E-state index contributed by atoms with van der Waals surface area (Å²) in [5.74, 6) is 0. The zero-order valence-corrected chi connectivity index (χ0v) is 8.52. The van der Waals surface area contributed by atoms with E-state index in [9.17, 15) is 0 Å². The highest BCUT2D eigenvalue weighted by atomic mass is 14.7. The van der Waals surface area contributed by atoms with Gasteiger partial charge >= 0.3 is 0 Å². The highest BCUT2D eigenvalue weighted by molar-refractivity contribution is 5.46. The number of hydrogen-bond donors (Lipinski definition) is 0. The first-order valence-electron chi connectivity index (χ1n) is 4.66. The number of aromatic nitrogens is 1. The summed E-state index contributed by atoms with van der Waals surface area (Å²) >= 11 is 0. The van der Waals surface area contributed by atoms with E-state index in [1.54, 1.807) is 0 Å². The normalized spacial score (nSPS) is 18.8. The van der Waals surface area contributed by atoms with E-state index in [0.29, 0.717) is 0 Å². The van der Waals surface area contributed by atoms with E-state index in [4.69, 9.17) is 0 Å². The van der Waals surface area contributed by atoms with Crippen LogP contribution in [0, 0.1) is 6.92 Å². The van der Waals surface area contributed by atoms with Gasteiger partial charge in [-0.1, -0.05) is 32.1 Å². The maximum atomic E-state index is 4.44. The van der Waals surface area contributed by atoms with Crippen molar-refractivity contribution < 1.29 is 0 Å². The SMILES string of the molecule is C=C1Cc2ncc(C)cc2C1(C)C. The summed E-state index contributed by atoms with van der Waals surface area (Å²) in [6.07, 6.45) is 2.89. The largest absolute Gasteiger partial charge is 0.260 e. The van der Waals surface area contributed by atoms with E-state index in [0.717, 1.165) is 6.42 Å². The molecule has 1 aliphatic carbocycles. The van der Waals surface area contributed by atoms with Crippen LogP contribution in [0.15, 0.2) is 24.4 Å². The summed E-state index contributed by atoms with van der Waals surface area (Å²) in [4.78, 5) is 4.44. The van der Waals surface area contributed by atoms with Gasteiger partial charge in [-0.15, -0.1) is 0 Å². The lowest BCUT2D eigenvalue weighted by Crippen LogP contribution is -2.14. The topological polar surface area (TPSA) is 12.9 Å². The fraction of sp³-hybridized carbons (Fsp3) is 0.417. The summed E-state index contributed by atoms with van der Waals surface area (Å²) in [7, 11) is 0. The summed E-state index contributed by atoms with van der Waals surface area (Å²) in [5.41, 5.74) is 5.20. The average molecular weight is 173 g/mol. The second-order valence-electron chi connectivity index (χ2n) is 4.41. The second kappa shape index (κ2) is 2.44. The van der Waals surface area contributed by atoms with Gasteiger partial charge in [0.1, 0.15) is 0 Å². The van der Waals surface area contributed by atoms with Crippen molar-refractivity contribution in [1.82, 2.24) is 4.98 Å². The van der Waals surface area contributed by atoms with Gasteiger partial charge in [-0.05, 0) is 18.1 Å². The van der Waals surface area contributed by atoms with Crippen LogP contribution in [0.25, 0.3) is 0 Å². The summed E-state index contributed by atoms with van der Waals surface area (Å²) in [6.45, 7) is 10.6. The number of pyridine rings is 1. The minimum absolute atomic E-state index is 0.119. The molecule has 2 rings (SSSR count). The molecule has 0 atom stereocenters. The Bertz CT molecular complexity index is 375. The zero-order valence-electron chi connectivity index (χ0n) is 8.52. The molecule has 1 aliphatic rings. The molecule has 68 valence electrons. The first-order chi connectivity index (χ1) is 6.01. The molecule has 1 heterocycles. The van der Waals surface area contributed by atoms with E-state index >= 15 is 0 Å². The first kappa shape index (κ1) is 8.49. The van der Waals surface area contributed by atoms with Crippen molar-refractivity contribution in [2.45, 2.75) is 32.6 Å². The minimum Gasteiger partial charge on any atom is -0.260 e. The number of fused-ring (bicyclic) bond motifs is 1. The van der Waals surface area contributed by atoms with Gasteiger partial charge in [0.05, 0.1) is 0 Å². The molecule has 0 radical (unpaired) electrons. The van der Waals surface area contributed by atoms with Crippen molar-refractivity contribution in [1.29, 1.82) is 0 Å². The number of nitrogens with zero attached hydrogens (tertiary/aromatic N) is 1. The van der Waals surface area contributed by atoms with Crippen LogP contribution in [0.4, 0.5) is 0 Å². The molecule has 1 heteroatoms. The Morgan fingerprint density at radius 3 is 2.85 bits per heavy atom. The van der Waals surface area contributed by atoms with E-state index in [2.05, 4.69) is 38.4 Å². The van der Waals surface area contributed by atoms with Crippen molar-refractivity contribution in [3.63, 3.8) is 0 Å². The third kappa shape index (κ3) is 1.11. The predicted molar refractivity (Wildman–Crippen MR) is 54.8 cm³/mol. The molecule has 0 amide bonds. The van der Waals surface area contributed by atoms with Crippen molar-refractivity contribution in [2.75, 3.05) is 0 Å². The fourth-order valence-electron chi connectivity index (χ4n) is 1.89. The third-order valence-electron chi connectivity index (χ3n) is 3.04. The first-order valence-corrected chi connectivity index (χ1v) is 4.66. The average Bonchev–Trinajstić information content (AvgIpc) is 2.27. The molecule has 0 aromatic carbocycles. The van der Waals surface area contributed by atoms with Crippen LogP contribution >= 0.6 is 0 Å². The monoisotopic (exact) mass is 173 g/mol. The lowest BCUT2D eigenvalue weighted by molar-refractivity contribution is 0.646. The molecule has 0 saturated carbocycles. The predicted octanol–water partition coefficient (Wildman–Crippen LogP) is 2.78. The van der Waals surface area contributed by atoms with Crippen molar-refractivity contribution >= 4 is 0 Å². The molecular formula is C12H15N. The van der Waals surface area contributed by atoms with Gasteiger partial charge in [-0.2, -0.15) is 0 Å². The molecule has 13 heavy (non-hydrogen) atoms. The van der Waals surface area contributed by atoms with E-state index in [-0.39, 0.29) is 5.41 Å². The fourth-order valence-corrected chi connectivity index (χ4v) is 1.89. The second-order valence-corrected chi connectivity index (χ2v) is 4.41. The number of rotatable bonds is 0.